The highest BCUT2D eigenvalue weighted by Crippen LogP contribution is 2.26. The zero-order chi connectivity index (χ0) is 12.8. The minimum absolute atomic E-state index is 0.177. The molecule has 1 heterocycles. The standard InChI is InChI=1S/C11H20N4O2S/c12-9(7-16)11-14-10(17-15-11)6-13-18-8-4-2-1-3-5-8/h8-9,13,16H,1-7,12H2. The molecule has 1 aromatic rings. The van der Waals surface area contributed by atoms with Gasteiger partial charge in [-0.25, -0.2) is 0 Å². The summed E-state index contributed by atoms with van der Waals surface area (Å²) in [6, 6.07) is -0.562. The second-order valence-corrected chi connectivity index (χ2v) is 5.73. The van der Waals surface area contributed by atoms with Crippen LogP contribution >= 0.6 is 11.9 Å². The van der Waals surface area contributed by atoms with E-state index in [0.717, 1.165) is 0 Å². The molecule has 1 aromatic heterocycles. The fraction of sp³-hybridized carbons (Fsp3) is 0.818. The van der Waals surface area contributed by atoms with E-state index in [4.69, 9.17) is 15.4 Å². The molecule has 1 unspecified atom stereocenters. The van der Waals surface area contributed by atoms with Gasteiger partial charge in [0.25, 0.3) is 0 Å². The van der Waals surface area contributed by atoms with Gasteiger partial charge < -0.3 is 15.4 Å². The van der Waals surface area contributed by atoms with E-state index >= 15 is 0 Å². The van der Waals surface area contributed by atoms with Gasteiger partial charge in [0, 0.05) is 5.25 Å². The van der Waals surface area contributed by atoms with Crippen LogP contribution in [0.15, 0.2) is 4.52 Å². The highest BCUT2D eigenvalue weighted by Gasteiger charge is 2.15. The van der Waals surface area contributed by atoms with E-state index < -0.39 is 6.04 Å². The van der Waals surface area contributed by atoms with Gasteiger partial charge in [0.15, 0.2) is 5.82 Å². The summed E-state index contributed by atoms with van der Waals surface area (Å²) in [7, 11) is 0. The highest BCUT2D eigenvalue weighted by molar-refractivity contribution is 7.98. The molecule has 0 aromatic carbocycles. The van der Waals surface area contributed by atoms with E-state index in [9.17, 15) is 0 Å². The van der Waals surface area contributed by atoms with Crippen molar-refractivity contribution < 1.29 is 9.63 Å². The molecule has 2 rings (SSSR count). The lowest BCUT2D eigenvalue weighted by atomic mass is 10.0. The molecule has 102 valence electrons. The minimum atomic E-state index is -0.562. The van der Waals surface area contributed by atoms with Gasteiger partial charge in [0.05, 0.1) is 19.2 Å². The first-order valence-electron chi connectivity index (χ1n) is 6.37. The molecule has 0 radical (unpaired) electrons. The predicted octanol–water partition coefficient (Wildman–Crippen LogP) is 1.13. The third-order valence-corrected chi connectivity index (χ3v) is 4.15. The largest absolute Gasteiger partial charge is 0.394 e. The monoisotopic (exact) mass is 272 g/mol. The Hall–Kier alpha value is -0.630. The van der Waals surface area contributed by atoms with Crippen LogP contribution in [0.2, 0.25) is 0 Å². The first kappa shape index (κ1) is 13.8. The second-order valence-electron chi connectivity index (χ2n) is 4.53. The Morgan fingerprint density at radius 3 is 2.94 bits per heavy atom. The summed E-state index contributed by atoms with van der Waals surface area (Å²) in [5.41, 5.74) is 5.59. The average molecular weight is 272 g/mol. The van der Waals surface area contributed by atoms with Gasteiger partial charge in [-0.15, -0.1) is 0 Å². The van der Waals surface area contributed by atoms with E-state index in [1.54, 1.807) is 11.9 Å². The second kappa shape index (κ2) is 7.08. The van der Waals surface area contributed by atoms with Gasteiger partial charge in [-0.2, -0.15) is 4.98 Å². The third-order valence-electron chi connectivity index (χ3n) is 3.04. The van der Waals surface area contributed by atoms with Crippen molar-refractivity contribution in [2.45, 2.75) is 49.9 Å². The van der Waals surface area contributed by atoms with Crippen LogP contribution in [0, 0.1) is 0 Å². The smallest absolute Gasteiger partial charge is 0.241 e. The number of aromatic nitrogens is 2. The van der Waals surface area contributed by atoms with Gasteiger partial charge >= 0.3 is 0 Å². The van der Waals surface area contributed by atoms with Crippen LogP contribution in [0.25, 0.3) is 0 Å². The van der Waals surface area contributed by atoms with Crippen molar-refractivity contribution in [3.8, 4) is 0 Å². The quantitative estimate of drug-likeness (QED) is 0.668. The number of nitrogens with zero attached hydrogens (tertiary/aromatic N) is 2. The van der Waals surface area contributed by atoms with E-state index in [2.05, 4.69) is 14.9 Å². The van der Waals surface area contributed by atoms with Crippen molar-refractivity contribution >= 4 is 11.9 Å². The zero-order valence-electron chi connectivity index (χ0n) is 10.3. The van der Waals surface area contributed by atoms with Gasteiger partial charge in [0.2, 0.25) is 5.89 Å². The molecule has 4 N–H and O–H groups in total. The molecule has 1 fully saturated rings. The Morgan fingerprint density at radius 1 is 1.44 bits per heavy atom. The van der Waals surface area contributed by atoms with E-state index in [0.29, 0.717) is 23.5 Å². The Bertz CT molecular complexity index is 355. The lowest BCUT2D eigenvalue weighted by Gasteiger charge is -2.20. The Labute approximate surface area is 111 Å². The molecular formula is C11H20N4O2S. The molecule has 0 amide bonds. The zero-order valence-corrected chi connectivity index (χ0v) is 11.2. The molecule has 0 spiro atoms. The summed E-state index contributed by atoms with van der Waals surface area (Å²) in [5, 5.41) is 13.3. The third kappa shape index (κ3) is 3.94. The van der Waals surface area contributed by atoms with E-state index in [-0.39, 0.29) is 6.61 Å². The van der Waals surface area contributed by atoms with Gasteiger partial charge in [-0.3, -0.25) is 4.72 Å². The number of aliphatic hydroxyl groups is 1. The number of nitrogens with one attached hydrogen (secondary N) is 1. The lowest BCUT2D eigenvalue weighted by Crippen LogP contribution is -2.17. The van der Waals surface area contributed by atoms with E-state index in [1.165, 1.54) is 32.1 Å². The predicted molar refractivity (Wildman–Crippen MR) is 69.6 cm³/mol. The fourth-order valence-electron chi connectivity index (χ4n) is 1.98. The first-order valence-corrected chi connectivity index (χ1v) is 7.25. The number of nitrogens with two attached hydrogens (primary N) is 1. The first-order chi connectivity index (χ1) is 8.79. The van der Waals surface area contributed by atoms with Crippen LogP contribution < -0.4 is 10.5 Å². The molecule has 6 nitrogen and oxygen atoms in total. The van der Waals surface area contributed by atoms with Crippen LogP contribution in [0.3, 0.4) is 0 Å². The molecule has 18 heavy (non-hydrogen) atoms. The molecule has 0 bridgehead atoms. The van der Waals surface area contributed by atoms with Gasteiger partial charge in [-0.05, 0) is 12.8 Å². The summed E-state index contributed by atoms with van der Waals surface area (Å²) >= 11 is 1.76. The Kier molecular flexibility index (Phi) is 5.43. The molecule has 1 aliphatic carbocycles. The maximum Gasteiger partial charge on any atom is 0.241 e. The van der Waals surface area contributed by atoms with Crippen molar-refractivity contribution in [3.63, 3.8) is 0 Å². The van der Waals surface area contributed by atoms with Crippen LogP contribution in [0.5, 0.6) is 0 Å². The van der Waals surface area contributed by atoms with Crippen LogP contribution in [0.1, 0.15) is 49.9 Å². The Balaban J connectivity index is 1.71. The minimum Gasteiger partial charge on any atom is -0.394 e. The maximum atomic E-state index is 8.88. The lowest BCUT2D eigenvalue weighted by molar-refractivity contribution is 0.259. The summed E-state index contributed by atoms with van der Waals surface area (Å²) in [4.78, 5) is 4.13. The topological polar surface area (TPSA) is 97.2 Å². The molecule has 7 heteroatoms. The summed E-state index contributed by atoms with van der Waals surface area (Å²) < 4.78 is 8.31. The number of aliphatic hydroxyl groups excluding tert-OH is 1. The van der Waals surface area contributed by atoms with E-state index in [1.807, 2.05) is 0 Å². The van der Waals surface area contributed by atoms with Gasteiger partial charge in [-0.1, -0.05) is 36.4 Å². The maximum absolute atomic E-state index is 8.88. The normalized spacial score (nSPS) is 19.0. The molecule has 1 aliphatic rings. The number of rotatable bonds is 6. The van der Waals surface area contributed by atoms with Crippen LogP contribution in [-0.4, -0.2) is 27.1 Å². The van der Waals surface area contributed by atoms with Gasteiger partial charge in [0.1, 0.15) is 0 Å². The molecule has 0 aliphatic heterocycles. The highest BCUT2D eigenvalue weighted by atomic mass is 32.2. The molecule has 1 saturated carbocycles. The van der Waals surface area contributed by atoms with Crippen molar-refractivity contribution in [2.75, 3.05) is 6.61 Å². The van der Waals surface area contributed by atoms with Crippen LogP contribution in [-0.2, 0) is 6.54 Å². The summed E-state index contributed by atoms with van der Waals surface area (Å²) in [6.07, 6.45) is 6.58. The fourth-order valence-corrected chi connectivity index (χ4v) is 2.99. The van der Waals surface area contributed by atoms with Crippen LogP contribution in [0.4, 0.5) is 0 Å². The number of hydrogen-bond donors (Lipinski definition) is 3. The van der Waals surface area contributed by atoms with Crippen molar-refractivity contribution in [3.05, 3.63) is 11.7 Å². The average Bonchev–Trinajstić information content (AvgIpc) is 2.88. The SMILES string of the molecule is NC(CO)c1noc(CNSC2CCCCC2)n1. The van der Waals surface area contributed by atoms with Crippen molar-refractivity contribution in [2.24, 2.45) is 5.73 Å². The molecule has 0 saturated heterocycles. The Morgan fingerprint density at radius 2 is 2.22 bits per heavy atom. The number of hydrogen-bond acceptors (Lipinski definition) is 7. The molecule has 1 atom stereocenters. The van der Waals surface area contributed by atoms with Crippen molar-refractivity contribution in [1.82, 2.24) is 14.9 Å². The summed E-state index contributed by atoms with van der Waals surface area (Å²) in [5.74, 6) is 0.870. The molecular weight excluding hydrogens is 252 g/mol. The summed E-state index contributed by atoms with van der Waals surface area (Å²) in [6.45, 7) is 0.357. The van der Waals surface area contributed by atoms with Crippen molar-refractivity contribution in [1.29, 1.82) is 0 Å².